The van der Waals surface area contributed by atoms with Crippen LogP contribution in [0.15, 0.2) is 72.9 Å². The van der Waals surface area contributed by atoms with E-state index in [1.54, 1.807) is 42.5 Å². The summed E-state index contributed by atoms with van der Waals surface area (Å²) in [7, 11) is 0. The van der Waals surface area contributed by atoms with Gasteiger partial charge in [-0.2, -0.15) is 0 Å². The fourth-order valence-corrected chi connectivity index (χ4v) is 3.02. The zero-order chi connectivity index (χ0) is 25.4. The van der Waals surface area contributed by atoms with Gasteiger partial charge in [0.25, 0.3) is 5.91 Å². The summed E-state index contributed by atoms with van der Waals surface area (Å²) in [5.74, 6) is -4.53. The lowest BCUT2D eigenvalue weighted by Gasteiger charge is -2.23. The summed E-state index contributed by atoms with van der Waals surface area (Å²) in [6, 6.07) is 17.6. The number of carbonyl (C=O) groups is 4. The minimum absolute atomic E-state index is 0.0590. The average Bonchev–Trinajstić information content (AvgIpc) is 2.85. The second-order valence-electron chi connectivity index (χ2n) is 7.76. The smallest absolute Gasteiger partial charge is 0.349 e. The van der Waals surface area contributed by atoms with Crippen molar-refractivity contribution in [3.05, 3.63) is 101 Å². The molecule has 180 valence electrons. The maximum absolute atomic E-state index is 13.0. The van der Waals surface area contributed by atoms with Crippen LogP contribution in [0.25, 0.3) is 0 Å². The fourth-order valence-electron chi connectivity index (χ4n) is 3.02. The van der Waals surface area contributed by atoms with Crippen molar-refractivity contribution in [3.8, 4) is 0 Å². The maximum Gasteiger partial charge on any atom is 0.349 e. The third kappa shape index (κ3) is 6.97. The Morgan fingerprint density at radius 1 is 0.800 bits per heavy atom. The van der Waals surface area contributed by atoms with Crippen molar-refractivity contribution in [2.24, 2.45) is 0 Å². The Balaban J connectivity index is 1.85. The topological polar surface area (TPSA) is 132 Å². The van der Waals surface area contributed by atoms with Crippen molar-refractivity contribution in [3.63, 3.8) is 0 Å². The first-order valence-electron chi connectivity index (χ1n) is 10.7. The molecule has 0 spiro atoms. The van der Waals surface area contributed by atoms with Crippen LogP contribution in [-0.2, 0) is 25.6 Å². The number of carboxylic acid groups (broad SMARTS) is 1. The summed E-state index contributed by atoms with van der Waals surface area (Å²) < 4.78 is 10.4. The molecule has 0 aliphatic carbocycles. The molecule has 3 aromatic rings. The normalized spacial score (nSPS) is 12.2. The highest BCUT2D eigenvalue weighted by Crippen LogP contribution is 2.15. The Bertz CT molecular complexity index is 1190. The number of hydrogen-bond acceptors (Lipinski definition) is 7. The Morgan fingerprint density at radius 2 is 1.31 bits per heavy atom. The van der Waals surface area contributed by atoms with Crippen LogP contribution in [0.3, 0.4) is 0 Å². The number of aryl methyl sites for hydroxylation is 2. The van der Waals surface area contributed by atoms with Crippen molar-refractivity contribution in [1.29, 1.82) is 0 Å². The summed E-state index contributed by atoms with van der Waals surface area (Å²) in [6.07, 6.45) is -2.53. The quantitative estimate of drug-likeness (QED) is 0.451. The number of pyridine rings is 1. The first-order valence-corrected chi connectivity index (χ1v) is 10.7. The van der Waals surface area contributed by atoms with E-state index in [9.17, 15) is 24.3 Å². The lowest BCUT2D eigenvalue weighted by molar-refractivity contribution is -0.159. The number of hydrogen-bond donors (Lipinski definition) is 2. The van der Waals surface area contributed by atoms with Crippen molar-refractivity contribution >= 4 is 23.8 Å². The van der Waals surface area contributed by atoms with Gasteiger partial charge in [0, 0.05) is 6.20 Å². The van der Waals surface area contributed by atoms with Gasteiger partial charge in [-0.05, 0) is 50.2 Å². The summed E-state index contributed by atoms with van der Waals surface area (Å²) in [5.41, 5.74) is 2.45. The largest absolute Gasteiger partial charge is 0.478 e. The minimum atomic E-state index is -2.10. The van der Waals surface area contributed by atoms with E-state index < -0.39 is 36.0 Å². The molecular formula is C26H24N2O7. The van der Waals surface area contributed by atoms with E-state index in [4.69, 9.17) is 9.47 Å². The maximum atomic E-state index is 13.0. The van der Waals surface area contributed by atoms with Gasteiger partial charge in [-0.3, -0.25) is 9.78 Å². The lowest BCUT2D eigenvalue weighted by atomic mass is 10.1. The molecule has 35 heavy (non-hydrogen) atoms. The van der Waals surface area contributed by atoms with Crippen LogP contribution in [0.5, 0.6) is 0 Å². The molecule has 0 bridgehead atoms. The molecule has 0 saturated heterocycles. The first kappa shape index (κ1) is 25.1. The molecule has 9 nitrogen and oxygen atoms in total. The Hall–Kier alpha value is -4.53. The van der Waals surface area contributed by atoms with Gasteiger partial charge >= 0.3 is 17.9 Å². The van der Waals surface area contributed by atoms with Crippen LogP contribution in [0.1, 0.15) is 37.5 Å². The number of nitrogens with one attached hydrogen (secondary N) is 1. The molecule has 3 rings (SSSR count). The molecule has 2 atom stereocenters. The molecule has 2 N–H and O–H groups in total. The van der Waals surface area contributed by atoms with Gasteiger partial charge in [0.2, 0.25) is 12.2 Å². The summed E-state index contributed by atoms with van der Waals surface area (Å²) in [5, 5.41) is 12.3. The van der Waals surface area contributed by atoms with E-state index >= 15 is 0 Å². The third-order valence-electron chi connectivity index (χ3n) is 4.99. The van der Waals surface area contributed by atoms with Crippen LogP contribution in [0.4, 0.5) is 0 Å². The zero-order valence-electron chi connectivity index (χ0n) is 19.1. The number of ether oxygens (including phenoxy) is 2. The highest BCUT2D eigenvalue weighted by molar-refractivity contribution is 5.96. The SMILES string of the molecule is Cc1ccc(C(=O)OC(C(=O)O)C(OC(=O)c2ccc(C)cc2)C(=O)NCc2ccccn2)cc1. The second kappa shape index (κ2) is 11.6. The highest BCUT2D eigenvalue weighted by Gasteiger charge is 2.40. The number of benzene rings is 2. The van der Waals surface area contributed by atoms with E-state index in [1.165, 1.54) is 30.5 Å². The molecule has 1 heterocycles. The van der Waals surface area contributed by atoms with Crippen LogP contribution in [0.2, 0.25) is 0 Å². The summed E-state index contributed by atoms with van der Waals surface area (Å²) in [6.45, 7) is 3.59. The number of nitrogens with zero attached hydrogens (tertiary/aromatic N) is 1. The number of aromatic nitrogens is 1. The summed E-state index contributed by atoms with van der Waals surface area (Å²) in [4.78, 5) is 54.4. The standard InChI is InChI=1S/C26H24N2O7/c1-16-6-10-18(11-7-16)25(32)34-21(23(29)28-15-20-5-3-4-14-27-20)22(24(30)31)35-26(33)19-12-8-17(2)9-13-19/h3-14,21-22H,15H2,1-2H3,(H,28,29)(H,30,31). The predicted octanol–water partition coefficient (Wildman–Crippen LogP) is 2.85. The molecule has 0 radical (unpaired) electrons. The van der Waals surface area contributed by atoms with Crippen LogP contribution in [-0.4, -0.2) is 46.1 Å². The Kier molecular flexibility index (Phi) is 8.29. The summed E-state index contributed by atoms with van der Waals surface area (Å²) >= 11 is 0. The van der Waals surface area contributed by atoms with Crippen LogP contribution >= 0.6 is 0 Å². The molecular weight excluding hydrogens is 452 g/mol. The van der Waals surface area contributed by atoms with Crippen molar-refractivity contribution in [1.82, 2.24) is 10.3 Å². The zero-order valence-corrected chi connectivity index (χ0v) is 19.1. The van der Waals surface area contributed by atoms with Crippen molar-refractivity contribution in [2.45, 2.75) is 32.6 Å². The van der Waals surface area contributed by atoms with Gasteiger partial charge in [0.15, 0.2) is 0 Å². The number of esters is 2. The number of amides is 1. The molecule has 0 aliphatic rings. The molecule has 2 aromatic carbocycles. The van der Waals surface area contributed by atoms with Gasteiger partial charge in [-0.1, -0.05) is 41.5 Å². The predicted molar refractivity (Wildman–Crippen MR) is 124 cm³/mol. The minimum Gasteiger partial charge on any atom is -0.478 e. The number of aliphatic carboxylic acids is 1. The van der Waals surface area contributed by atoms with Crippen molar-refractivity contribution in [2.75, 3.05) is 0 Å². The van der Waals surface area contributed by atoms with Gasteiger partial charge in [0.1, 0.15) is 0 Å². The van der Waals surface area contributed by atoms with E-state index in [0.717, 1.165) is 11.1 Å². The average molecular weight is 476 g/mol. The van der Waals surface area contributed by atoms with Gasteiger partial charge in [-0.25, -0.2) is 14.4 Å². The molecule has 0 aliphatic heterocycles. The molecule has 1 aromatic heterocycles. The second-order valence-corrected chi connectivity index (χ2v) is 7.76. The molecule has 1 amide bonds. The van der Waals surface area contributed by atoms with Crippen molar-refractivity contribution < 1.29 is 33.8 Å². The molecule has 0 fully saturated rings. The van der Waals surface area contributed by atoms with E-state index in [0.29, 0.717) is 5.69 Å². The number of carboxylic acids is 1. The van der Waals surface area contributed by atoms with E-state index in [-0.39, 0.29) is 17.7 Å². The van der Waals surface area contributed by atoms with Gasteiger partial charge < -0.3 is 19.9 Å². The fraction of sp³-hybridized carbons (Fsp3) is 0.192. The number of rotatable bonds is 9. The lowest BCUT2D eigenvalue weighted by Crippen LogP contribution is -2.50. The first-order chi connectivity index (χ1) is 16.7. The van der Waals surface area contributed by atoms with E-state index in [2.05, 4.69) is 10.3 Å². The van der Waals surface area contributed by atoms with Crippen LogP contribution in [0, 0.1) is 13.8 Å². The van der Waals surface area contributed by atoms with Gasteiger partial charge in [0.05, 0.1) is 23.4 Å². The molecule has 2 unspecified atom stereocenters. The highest BCUT2D eigenvalue weighted by atomic mass is 16.6. The Labute approximate surface area is 201 Å². The third-order valence-corrected chi connectivity index (χ3v) is 4.99. The Morgan fingerprint density at radius 3 is 1.77 bits per heavy atom. The molecule has 0 saturated carbocycles. The van der Waals surface area contributed by atoms with E-state index in [1.807, 2.05) is 13.8 Å². The molecule has 9 heteroatoms. The monoisotopic (exact) mass is 476 g/mol. The number of carbonyl (C=O) groups excluding carboxylic acids is 3. The van der Waals surface area contributed by atoms with Crippen LogP contribution < -0.4 is 5.32 Å². The van der Waals surface area contributed by atoms with Gasteiger partial charge in [-0.15, -0.1) is 0 Å².